The van der Waals surface area contributed by atoms with Crippen LogP contribution in [0.4, 0.5) is 0 Å². The molecular formula is C20H23Cl2NS. The average molecular weight is 380 g/mol. The summed E-state index contributed by atoms with van der Waals surface area (Å²) in [7, 11) is 2.33. The molecule has 4 atom stereocenters. The Kier molecular flexibility index (Phi) is 4.93. The van der Waals surface area contributed by atoms with Gasteiger partial charge in [0, 0.05) is 17.0 Å². The first kappa shape index (κ1) is 16.9. The first-order valence-electron chi connectivity index (χ1n) is 8.83. The SMILES string of the molecule is CN1C2CCC1C(CCc1cccc(Cl)c1Cl)C(c1cccs1)C2. The molecule has 2 saturated heterocycles. The standard InChI is InChI=1S/C20H23Cl2NS/c1-23-14-8-10-18(23)15(16(12-14)19-6-3-11-24-19)9-7-13-4-2-5-17(21)20(13)22/h2-6,11,14-16,18H,7-10,12H2,1H3. The van der Waals surface area contributed by atoms with Crippen LogP contribution in [0.1, 0.15) is 42.0 Å². The Morgan fingerprint density at radius 2 is 2.04 bits per heavy atom. The van der Waals surface area contributed by atoms with Crippen molar-refractivity contribution in [2.75, 3.05) is 7.05 Å². The largest absolute Gasteiger partial charge is 0.300 e. The van der Waals surface area contributed by atoms with E-state index < -0.39 is 0 Å². The van der Waals surface area contributed by atoms with Gasteiger partial charge in [-0.2, -0.15) is 0 Å². The molecule has 0 spiro atoms. The van der Waals surface area contributed by atoms with E-state index in [9.17, 15) is 0 Å². The van der Waals surface area contributed by atoms with Crippen molar-refractivity contribution in [2.24, 2.45) is 5.92 Å². The van der Waals surface area contributed by atoms with Crippen molar-refractivity contribution in [3.05, 3.63) is 56.2 Å². The predicted octanol–water partition coefficient (Wildman–Crippen LogP) is 6.25. The first-order chi connectivity index (χ1) is 11.6. The van der Waals surface area contributed by atoms with Gasteiger partial charge in [0.1, 0.15) is 0 Å². The summed E-state index contributed by atoms with van der Waals surface area (Å²) in [4.78, 5) is 4.22. The fourth-order valence-corrected chi connectivity index (χ4v) is 6.20. The van der Waals surface area contributed by atoms with Gasteiger partial charge in [-0.05, 0) is 74.1 Å². The fraction of sp³-hybridized carbons (Fsp3) is 0.500. The molecule has 4 heteroatoms. The summed E-state index contributed by atoms with van der Waals surface area (Å²) in [6, 6.07) is 12.0. The number of aryl methyl sites for hydroxylation is 1. The van der Waals surface area contributed by atoms with Gasteiger partial charge in [0.25, 0.3) is 0 Å². The van der Waals surface area contributed by atoms with Crippen LogP contribution < -0.4 is 0 Å². The van der Waals surface area contributed by atoms with Crippen LogP contribution in [0.2, 0.25) is 10.0 Å². The maximum Gasteiger partial charge on any atom is 0.0624 e. The molecule has 0 aliphatic carbocycles. The van der Waals surface area contributed by atoms with Crippen molar-refractivity contribution >= 4 is 34.5 Å². The van der Waals surface area contributed by atoms with E-state index in [0.29, 0.717) is 22.9 Å². The van der Waals surface area contributed by atoms with Gasteiger partial charge >= 0.3 is 0 Å². The molecule has 0 radical (unpaired) electrons. The van der Waals surface area contributed by atoms with E-state index in [0.717, 1.165) is 17.5 Å². The lowest BCUT2D eigenvalue weighted by molar-refractivity contribution is 0.0959. The molecule has 2 aliphatic rings. The van der Waals surface area contributed by atoms with Gasteiger partial charge in [0.2, 0.25) is 0 Å². The van der Waals surface area contributed by atoms with Crippen LogP contribution in [0.15, 0.2) is 35.7 Å². The smallest absolute Gasteiger partial charge is 0.0624 e. The van der Waals surface area contributed by atoms with E-state index in [2.05, 4.69) is 35.5 Å². The van der Waals surface area contributed by atoms with Crippen molar-refractivity contribution in [3.8, 4) is 0 Å². The molecule has 0 saturated carbocycles. The third-order valence-corrected chi connectivity index (χ3v) is 7.98. The Morgan fingerprint density at radius 3 is 2.83 bits per heavy atom. The molecule has 1 aromatic carbocycles. The Labute approximate surface area is 158 Å². The van der Waals surface area contributed by atoms with Gasteiger partial charge in [0.05, 0.1) is 10.0 Å². The molecule has 2 aliphatic heterocycles. The predicted molar refractivity (Wildman–Crippen MR) is 105 cm³/mol. The lowest BCUT2D eigenvalue weighted by Crippen LogP contribution is -2.45. The molecule has 2 aromatic rings. The van der Waals surface area contributed by atoms with Crippen LogP contribution in [0.3, 0.4) is 0 Å². The summed E-state index contributed by atoms with van der Waals surface area (Å²) in [6.07, 6.45) is 6.21. The monoisotopic (exact) mass is 379 g/mol. The second kappa shape index (κ2) is 6.99. The van der Waals surface area contributed by atoms with Crippen LogP contribution in [-0.4, -0.2) is 24.0 Å². The lowest BCUT2D eigenvalue weighted by Gasteiger charge is -2.43. The Morgan fingerprint density at radius 1 is 1.17 bits per heavy atom. The maximum atomic E-state index is 6.41. The summed E-state index contributed by atoms with van der Waals surface area (Å²) in [6.45, 7) is 0. The molecule has 128 valence electrons. The second-order valence-corrected chi connectivity index (χ2v) is 9.00. The molecule has 4 rings (SSSR count). The number of rotatable bonds is 4. The number of hydrogen-bond acceptors (Lipinski definition) is 2. The topological polar surface area (TPSA) is 3.24 Å². The molecular weight excluding hydrogens is 357 g/mol. The molecule has 1 aromatic heterocycles. The average Bonchev–Trinajstić information content (AvgIpc) is 3.17. The quantitative estimate of drug-likeness (QED) is 0.606. The minimum absolute atomic E-state index is 0.672. The highest BCUT2D eigenvalue weighted by atomic mass is 35.5. The third-order valence-electron chi connectivity index (χ3n) is 6.12. The van der Waals surface area contributed by atoms with Crippen LogP contribution >= 0.6 is 34.5 Å². The number of nitrogens with zero attached hydrogens (tertiary/aromatic N) is 1. The van der Waals surface area contributed by atoms with Crippen molar-refractivity contribution in [2.45, 2.75) is 50.1 Å². The summed E-state index contributed by atoms with van der Waals surface area (Å²) in [5, 5.41) is 3.63. The molecule has 3 heterocycles. The number of fused-ring (bicyclic) bond motifs is 2. The van der Waals surface area contributed by atoms with Crippen molar-refractivity contribution < 1.29 is 0 Å². The fourth-order valence-electron chi connectivity index (χ4n) is 4.86. The van der Waals surface area contributed by atoms with E-state index >= 15 is 0 Å². The van der Waals surface area contributed by atoms with Gasteiger partial charge in [0.15, 0.2) is 0 Å². The minimum atomic E-state index is 0.672. The zero-order valence-electron chi connectivity index (χ0n) is 13.9. The van der Waals surface area contributed by atoms with Crippen molar-refractivity contribution in [3.63, 3.8) is 0 Å². The van der Waals surface area contributed by atoms with E-state index in [1.807, 2.05) is 23.5 Å². The van der Waals surface area contributed by atoms with E-state index in [-0.39, 0.29) is 0 Å². The van der Waals surface area contributed by atoms with E-state index in [4.69, 9.17) is 23.2 Å². The number of piperidine rings is 1. The maximum absolute atomic E-state index is 6.41. The summed E-state index contributed by atoms with van der Waals surface area (Å²) in [5.41, 5.74) is 1.19. The summed E-state index contributed by atoms with van der Waals surface area (Å²) < 4.78 is 0. The van der Waals surface area contributed by atoms with Gasteiger partial charge < -0.3 is 4.90 Å². The van der Waals surface area contributed by atoms with Crippen molar-refractivity contribution in [1.29, 1.82) is 0 Å². The second-order valence-electron chi connectivity index (χ2n) is 7.24. The number of hydrogen-bond donors (Lipinski definition) is 0. The molecule has 2 bridgehead atoms. The zero-order valence-corrected chi connectivity index (χ0v) is 16.2. The molecule has 1 nitrogen and oxygen atoms in total. The Hall–Kier alpha value is -0.540. The van der Waals surface area contributed by atoms with Gasteiger partial charge in [-0.15, -0.1) is 11.3 Å². The molecule has 2 fully saturated rings. The highest BCUT2D eigenvalue weighted by Crippen LogP contribution is 2.49. The summed E-state index contributed by atoms with van der Waals surface area (Å²) in [5.74, 6) is 1.42. The third kappa shape index (κ3) is 3.03. The molecule has 0 amide bonds. The van der Waals surface area contributed by atoms with E-state index in [1.54, 1.807) is 4.88 Å². The normalized spacial score (nSPS) is 30.0. The number of benzene rings is 1. The van der Waals surface area contributed by atoms with Crippen LogP contribution in [0, 0.1) is 5.92 Å². The van der Waals surface area contributed by atoms with Gasteiger partial charge in [-0.25, -0.2) is 0 Å². The van der Waals surface area contributed by atoms with E-state index in [1.165, 1.54) is 31.2 Å². The van der Waals surface area contributed by atoms with Crippen molar-refractivity contribution in [1.82, 2.24) is 4.90 Å². The number of halogens is 2. The van der Waals surface area contributed by atoms with Crippen LogP contribution in [-0.2, 0) is 6.42 Å². The molecule has 0 N–H and O–H groups in total. The Balaban J connectivity index is 1.57. The lowest BCUT2D eigenvalue weighted by atomic mass is 9.76. The zero-order chi connectivity index (χ0) is 16.7. The molecule has 4 unspecified atom stereocenters. The highest BCUT2D eigenvalue weighted by molar-refractivity contribution is 7.10. The van der Waals surface area contributed by atoms with Crippen LogP contribution in [0.25, 0.3) is 0 Å². The Bertz CT molecular complexity index is 700. The molecule has 24 heavy (non-hydrogen) atoms. The van der Waals surface area contributed by atoms with Gasteiger partial charge in [-0.3, -0.25) is 0 Å². The highest BCUT2D eigenvalue weighted by Gasteiger charge is 2.45. The minimum Gasteiger partial charge on any atom is -0.300 e. The van der Waals surface area contributed by atoms with Crippen LogP contribution in [0.5, 0.6) is 0 Å². The van der Waals surface area contributed by atoms with Gasteiger partial charge in [-0.1, -0.05) is 41.4 Å². The number of thiophene rings is 1. The summed E-state index contributed by atoms with van der Waals surface area (Å²) >= 11 is 14.5. The first-order valence-corrected chi connectivity index (χ1v) is 10.5.